The number of benzene rings is 2. The lowest BCUT2D eigenvalue weighted by Crippen LogP contribution is -2.20. The molecule has 2 aromatic carbocycles. The third-order valence-electron chi connectivity index (χ3n) is 3.00. The summed E-state index contributed by atoms with van der Waals surface area (Å²) in [6.45, 7) is 1.72. The number of nitrogens with zero attached hydrogens (tertiary/aromatic N) is 1. The summed E-state index contributed by atoms with van der Waals surface area (Å²) in [5, 5.41) is 13.9. The van der Waals surface area contributed by atoms with E-state index in [4.69, 9.17) is 0 Å². The van der Waals surface area contributed by atoms with E-state index in [2.05, 4.69) is 5.32 Å². The first-order chi connectivity index (χ1) is 9.54. The standard InChI is InChI=1S/C15H15FN2O2/c1-11-2-4-12(5-3-11)15(10-18(19)20)17-14-8-6-13(16)7-9-14/h2-9,15,17H,10H2,1H3. The molecule has 2 rings (SSSR count). The van der Waals surface area contributed by atoms with Crippen molar-refractivity contribution in [2.45, 2.75) is 13.0 Å². The molecule has 1 unspecified atom stereocenters. The Morgan fingerprint density at radius 3 is 2.30 bits per heavy atom. The molecule has 5 heteroatoms. The van der Waals surface area contributed by atoms with Gasteiger partial charge in [-0.25, -0.2) is 4.39 Å². The Hall–Kier alpha value is -2.43. The van der Waals surface area contributed by atoms with Crippen LogP contribution in [0.5, 0.6) is 0 Å². The van der Waals surface area contributed by atoms with Gasteiger partial charge in [0, 0.05) is 10.6 Å². The Balaban J connectivity index is 2.21. The maximum atomic E-state index is 12.9. The highest BCUT2D eigenvalue weighted by atomic mass is 19.1. The molecular weight excluding hydrogens is 259 g/mol. The van der Waals surface area contributed by atoms with Crippen LogP contribution in [0.2, 0.25) is 0 Å². The van der Waals surface area contributed by atoms with Crippen molar-refractivity contribution in [3.63, 3.8) is 0 Å². The highest BCUT2D eigenvalue weighted by molar-refractivity contribution is 5.45. The molecule has 104 valence electrons. The summed E-state index contributed by atoms with van der Waals surface area (Å²) < 4.78 is 12.9. The molecule has 1 N–H and O–H groups in total. The molecule has 0 spiro atoms. The predicted molar refractivity (Wildman–Crippen MR) is 75.8 cm³/mol. The Kier molecular flexibility index (Phi) is 4.30. The molecule has 0 radical (unpaired) electrons. The molecule has 0 aliphatic heterocycles. The lowest BCUT2D eigenvalue weighted by atomic mass is 10.0. The number of halogens is 1. The van der Waals surface area contributed by atoms with Crippen molar-refractivity contribution in [1.29, 1.82) is 0 Å². The van der Waals surface area contributed by atoms with Crippen molar-refractivity contribution in [2.75, 3.05) is 11.9 Å². The third kappa shape index (κ3) is 3.78. The van der Waals surface area contributed by atoms with Gasteiger partial charge < -0.3 is 5.32 Å². The molecule has 0 aromatic heterocycles. The second kappa shape index (κ2) is 6.14. The van der Waals surface area contributed by atoms with Gasteiger partial charge in [-0.3, -0.25) is 10.1 Å². The van der Waals surface area contributed by atoms with Crippen molar-refractivity contribution in [3.8, 4) is 0 Å². The summed E-state index contributed by atoms with van der Waals surface area (Å²) in [6, 6.07) is 12.9. The maximum Gasteiger partial charge on any atom is 0.227 e. The summed E-state index contributed by atoms with van der Waals surface area (Å²) in [5.74, 6) is -0.336. The van der Waals surface area contributed by atoms with E-state index in [0.29, 0.717) is 5.69 Å². The Bertz CT molecular complexity index is 582. The van der Waals surface area contributed by atoms with E-state index >= 15 is 0 Å². The van der Waals surface area contributed by atoms with E-state index in [1.165, 1.54) is 12.1 Å². The van der Waals surface area contributed by atoms with E-state index in [1.807, 2.05) is 31.2 Å². The monoisotopic (exact) mass is 274 g/mol. The van der Waals surface area contributed by atoms with Crippen LogP contribution in [-0.2, 0) is 0 Å². The minimum absolute atomic E-state index is 0.236. The zero-order valence-electron chi connectivity index (χ0n) is 11.0. The second-order valence-corrected chi connectivity index (χ2v) is 4.63. The number of hydrogen-bond donors (Lipinski definition) is 1. The predicted octanol–water partition coefficient (Wildman–Crippen LogP) is 3.56. The fourth-order valence-electron chi connectivity index (χ4n) is 1.93. The molecule has 0 saturated carbocycles. The topological polar surface area (TPSA) is 55.2 Å². The van der Waals surface area contributed by atoms with Crippen LogP contribution in [0.4, 0.5) is 10.1 Å². The summed E-state index contributed by atoms with van der Waals surface area (Å²) in [5.41, 5.74) is 2.57. The first-order valence-corrected chi connectivity index (χ1v) is 6.25. The molecule has 4 nitrogen and oxygen atoms in total. The van der Waals surface area contributed by atoms with E-state index < -0.39 is 6.04 Å². The lowest BCUT2D eigenvalue weighted by molar-refractivity contribution is -0.482. The van der Waals surface area contributed by atoms with Crippen LogP contribution >= 0.6 is 0 Å². The zero-order valence-corrected chi connectivity index (χ0v) is 11.0. The number of hydrogen-bond acceptors (Lipinski definition) is 3. The highest BCUT2D eigenvalue weighted by Crippen LogP contribution is 2.20. The SMILES string of the molecule is Cc1ccc(C(C[N+](=O)[O-])Nc2ccc(F)cc2)cc1. The van der Waals surface area contributed by atoms with Crippen LogP contribution in [0.25, 0.3) is 0 Å². The summed E-state index contributed by atoms with van der Waals surface area (Å²) in [4.78, 5) is 10.4. The molecule has 2 aromatic rings. The second-order valence-electron chi connectivity index (χ2n) is 4.63. The van der Waals surface area contributed by atoms with Crippen molar-refractivity contribution in [2.24, 2.45) is 0 Å². The first-order valence-electron chi connectivity index (χ1n) is 6.25. The quantitative estimate of drug-likeness (QED) is 0.670. The van der Waals surface area contributed by atoms with Crippen molar-refractivity contribution in [1.82, 2.24) is 0 Å². The largest absolute Gasteiger partial charge is 0.372 e. The molecule has 0 bridgehead atoms. The number of nitrogens with one attached hydrogen (secondary N) is 1. The van der Waals surface area contributed by atoms with Crippen LogP contribution in [0.1, 0.15) is 17.2 Å². The average Bonchev–Trinajstić information content (AvgIpc) is 2.41. The molecule has 0 fully saturated rings. The number of anilines is 1. The highest BCUT2D eigenvalue weighted by Gasteiger charge is 2.17. The maximum absolute atomic E-state index is 12.9. The van der Waals surface area contributed by atoms with Gasteiger partial charge in [0.1, 0.15) is 11.9 Å². The number of aryl methyl sites for hydroxylation is 1. The molecule has 0 aliphatic rings. The van der Waals surface area contributed by atoms with Gasteiger partial charge >= 0.3 is 0 Å². The van der Waals surface area contributed by atoms with Gasteiger partial charge in [0.25, 0.3) is 0 Å². The van der Waals surface area contributed by atoms with Gasteiger partial charge in [-0.15, -0.1) is 0 Å². The van der Waals surface area contributed by atoms with E-state index in [1.54, 1.807) is 12.1 Å². The lowest BCUT2D eigenvalue weighted by Gasteiger charge is -2.17. The Labute approximate surface area is 116 Å². The van der Waals surface area contributed by atoms with Gasteiger partial charge in [0.15, 0.2) is 0 Å². The summed E-state index contributed by atoms with van der Waals surface area (Å²) in [6.07, 6.45) is 0. The van der Waals surface area contributed by atoms with Gasteiger partial charge in [0.05, 0.1) is 0 Å². The van der Waals surface area contributed by atoms with Gasteiger partial charge in [-0.1, -0.05) is 29.8 Å². The average molecular weight is 274 g/mol. The van der Waals surface area contributed by atoms with Crippen molar-refractivity contribution < 1.29 is 9.31 Å². The zero-order chi connectivity index (χ0) is 14.5. The summed E-state index contributed by atoms with van der Waals surface area (Å²) in [7, 11) is 0. The van der Waals surface area contributed by atoms with Gasteiger partial charge in [-0.05, 0) is 36.8 Å². The van der Waals surface area contributed by atoms with Crippen LogP contribution in [0.15, 0.2) is 48.5 Å². The van der Waals surface area contributed by atoms with Crippen LogP contribution in [-0.4, -0.2) is 11.5 Å². The third-order valence-corrected chi connectivity index (χ3v) is 3.00. The molecule has 20 heavy (non-hydrogen) atoms. The number of rotatable bonds is 5. The van der Waals surface area contributed by atoms with E-state index in [-0.39, 0.29) is 17.3 Å². The van der Waals surface area contributed by atoms with Crippen molar-refractivity contribution in [3.05, 3.63) is 75.6 Å². The molecule has 1 atom stereocenters. The van der Waals surface area contributed by atoms with Crippen LogP contribution in [0.3, 0.4) is 0 Å². The molecular formula is C15H15FN2O2. The molecule has 0 saturated heterocycles. The van der Waals surface area contributed by atoms with E-state index in [9.17, 15) is 14.5 Å². The minimum Gasteiger partial charge on any atom is -0.372 e. The van der Waals surface area contributed by atoms with Crippen LogP contribution < -0.4 is 5.32 Å². The van der Waals surface area contributed by atoms with Crippen molar-refractivity contribution >= 4 is 5.69 Å². The molecule has 0 amide bonds. The Morgan fingerprint density at radius 1 is 1.15 bits per heavy atom. The molecule has 0 aliphatic carbocycles. The normalized spacial score (nSPS) is 11.9. The fourth-order valence-corrected chi connectivity index (χ4v) is 1.93. The van der Waals surface area contributed by atoms with Gasteiger partial charge in [-0.2, -0.15) is 0 Å². The smallest absolute Gasteiger partial charge is 0.227 e. The van der Waals surface area contributed by atoms with Gasteiger partial charge in [0.2, 0.25) is 6.54 Å². The first kappa shape index (κ1) is 14.0. The fraction of sp³-hybridized carbons (Fsp3) is 0.200. The number of nitro groups is 1. The van der Waals surface area contributed by atoms with Crippen LogP contribution in [0, 0.1) is 22.9 Å². The van der Waals surface area contributed by atoms with E-state index in [0.717, 1.165) is 11.1 Å². The summed E-state index contributed by atoms with van der Waals surface area (Å²) >= 11 is 0. The molecule has 0 heterocycles. The Morgan fingerprint density at radius 2 is 1.75 bits per heavy atom. The minimum atomic E-state index is -0.448.